The molecule has 0 aliphatic heterocycles. The lowest BCUT2D eigenvalue weighted by Crippen LogP contribution is -2.06. The fourth-order valence-electron chi connectivity index (χ4n) is 1.69. The Hall–Kier alpha value is -2.08. The largest absolute Gasteiger partial charge is 0.497 e. The first kappa shape index (κ1) is 15.3. The molecule has 21 heavy (non-hydrogen) atoms. The highest BCUT2D eigenvalue weighted by molar-refractivity contribution is 9.10. The van der Waals surface area contributed by atoms with Gasteiger partial charge in [0.25, 0.3) is 5.95 Å². The van der Waals surface area contributed by atoms with Crippen molar-refractivity contribution in [2.75, 3.05) is 13.7 Å². The number of methoxy groups -OCH3 is 1. The van der Waals surface area contributed by atoms with Crippen LogP contribution in [0.4, 0.5) is 0 Å². The molecule has 1 heterocycles. The van der Waals surface area contributed by atoms with E-state index in [1.54, 1.807) is 7.11 Å². The normalized spacial score (nSPS) is 11.0. The van der Waals surface area contributed by atoms with Gasteiger partial charge in [-0.3, -0.25) is 4.99 Å². The number of hydrogen-bond acceptors (Lipinski definition) is 5. The summed E-state index contributed by atoms with van der Waals surface area (Å²) in [6.45, 7) is 0.546. The molecular weight excluding hydrogens is 338 g/mol. The van der Waals surface area contributed by atoms with Gasteiger partial charge in [-0.15, -0.1) is 0 Å². The Morgan fingerprint density at radius 3 is 2.76 bits per heavy atom. The Balaban J connectivity index is 1.96. The first-order valence-electron chi connectivity index (χ1n) is 6.25. The van der Waals surface area contributed by atoms with Gasteiger partial charge in [0.15, 0.2) is 0 Å². The number of halogens is 1. The van der Waals surface area contributed by atoms with Crippen LogP contribution in [0.2, 0.25) is 0 Å². The molecule has 0 aliphatic rings. The van der Waals surface area contributed by atoms with E-state index in [1.807, 2.05) is 24.3 Å². The molecule has 0 saturated carbocycles. The van der Waals surface area contributed by atoms with Gasteiger partial charge in [-0.05, 0) is 46.1 Å². The molecule has 1 N–H and O–H groups in total. The van der Waals surface area contributed by atoms with Gasteiger partial charge in [0, 0.05) is 12.8 Å². The zero-order valence-corrected chi connectivity index (χ0v) is 13.0. The van der Waals surface area contributed by atoms with E-state index in [4.69, 9.17) is 4.74 Å². The quantitative estimate of drug-likeness (QED) is 0.840. The molecule has 2 aromatic rings. The van der Waals surface area contributed by atoms with Crippen LogP contribution in [0.15, 0.2) is 49.0 Å². The van der Waals surface area contributed by atoms with Gasteiger partial charge in [0.2, 0.25) is 0 Å². The van der Waals surface area contributed by atoms with E-state index >= 15 is 0 Å². The van der Waals surface area contributed by atoms with E-state index in [0.717, 1.165) is 17.7 Å². The maximum absolute atomic E-state index is 11.5. The Morgan fingerprint density at radius 1 is 1.38 bits per heavy atom. The fraction of sp³-hybridized carbons (Fsp3) is 0.200. The molecule has 5 nitrogen and oxygen atoms in total. The minimum Gasteiger partial charge on any atom is -0.497 e. The number of aliphatic imine (C=N–C) groups is 1. The van der Waals surface area contributed by atoms with Gasteiger partial charge in [-0.1, -0.05) is 12.1 Å². The fourth-order valence-corrected chi connectivity index (χ4v) is 2.02. The number of benzene rings is 1. The molecule has 0 fully saturated rings. The van der Waals surface area contributed by atoms with E-state index in [9.17, 15) is 9.90 Å². The summed E-state index contributed by atoms with van der Waals surface area (Å²) < 4.78 is 10.0. The maximum Gasteiger partial charge on any atom is 0.347 e. The Morgan fingerprint density at radius 2 is 2.10 bits per heavy atom. The number of rotatable bonds is 5. The van der Waals surface area contributed by atoms with Gasteiger partial charge in [-0.2, -0.15) is 0 Å². The second kappa shape index (κ2) is 7.08. The molecule has 0 atom stereocenters. The van der Waals surface area contributed by atoms with Crippen LogP contribution in [-0.4, -0.2) is 25.0 Å². The van der Waals surface area contributed by atoms with Gasteiger partial charge < -0.3 is 14.3 Å². The molecular formula is C15H14BrNO4. The summed E-state index contributed by atoms with van der Waals surface area (Å²) in [6, 6.07) is 9.20. The lowest BCUT2D eigenvalue weighted by Gasteiger charge is -2.01. The van der Waals surface area contributed by atoms with Crippen molar-refractivity contribution >= 4 is 22.1 Å². The van der Waals surface area contributed by atoms with Crippen LogP contribution in [-0.2, 0) is 6.42 Å². The van der Waals surface area contributed by atoms with Crippen LogP contribution in [0.3, 0.4) is 0 Å². The molecule has 0 amide bonds. The first-order chi connectivity index (χ1) is 10.1. The number of ether oxygens (including phenoxy) is 1. The summed E-state index contributed by atoms with van der Waals surface area (Å²) in [5.74, 6) is 0.379. The second-order valence-corrected chi connectivity index (χ2v) is 5.13. The van der Waals surface area contributed by atoms with E-state index in [2.05, 4.69) is 25.3 Å². The SMILES string of the molecule is COc1ccc(CCN=Cc2cc(Br)c(O)oc2=O)cc1. The molecule has 1 aromatic heterocycles. The zero-order valence-electron chi connectivity index (χ0n) is 11.4. The third-order valence-corrected chi connectivity index (χ3v) is 3.40. The average molecular weight is 352 g/mol. The van der Waals surface area contributed by atoms with E-state index in [0.29, 0.717) is 11.0 Å². The third kappa shape index (κ3) is 4.19. The van der Waals surface area contributed by atoms with Crippen molar-refractivity contribution < 1.29 is 14.3 Å². The van der Waals surface area contributed by atoms with E-state index < -0.39 is 11.6 Å². The van der Waals surface area contributed by atoms with Crippen LogP contribution >= 0.6 is 15.9 Å². The highest BCUT2D eigenvalue weighted by Crippen LogP contribution is 2.21. The molecule has 6 heteroatoms. The molecule has 1 aromatic carbocycles. The minimum atomic E-state index is -0.621. The maximum atomic E-state index is 11.5. The van der Waals surface area contributed by atoms with Crippen molar-refractivity contribution in [1.82, 2.24) is 0 Å². The van der Waals surface area contributed by atoms with Crippen molar-refractivity contribution in [2.24, 2.45) is 4.99 Å². The summed E-state index contributed by atoms with van der Waals surface area (Å²) in [4.78, 5) is 15.7. The molecule has 0 unspecified atom stereocenters. The standard InChI is InChI=1S/C15H14BrNO4/c1-20-12-4-2-10(3-5-12)6-7-17-9-11-8-13(16)15(19)21-14(11)18/h2-5,8-9,19H,6-7H2,1H3. The Kier molecular flexibility index (Phi) is 5.16. The Bertz CT molecular complexity index is 692. The van der Waals surface area contributed by atoms with Crippen molar-refractivity contribution in [3.05, 3.63) is 56.4 Å². The number of hydrogen-bond donors (Lipinski definition) is 1. The first-order valence-corrected chi connectivity index (χ1v) is 7.05. The van der Waals surface area contributed by atoms with Crippen molar-refractivity contribution in [3.63, 3.8) is 0 Å². The van der Waals surface area contributed by atoms with Crippen LogP contribution in [0, 0.1) is 0 Å². The van der Waals surface area contributed by atoms with E-state index in [-0.39, 0.29) is 5.56 Å². The van der Waals surface area contributed by atoms with Crippen molar-refractivity contribution in [3.8, 4) is 11.7 Å². The topological polar surface area (TPSA) is 72.0 Å². The molecule has 110 valence electrons. The molecule has 0 spiro atoms. The monoisotopic (exact) mass is 351 g/mol. The molecule has 0 radical (unpaired) electrons. The summed E-state index contributed by atoms with van der Waals surface area (Å²) in [6.07, 6.45) is 2.20. The highest BCUT2D eigenvalue weighted by atomic mass is 79.9. The van der Waals surface area contributed by atoms with Gasteiger partial charge in [0.1, 0.15) is 5.75 Å². The van der Waals surface area contributed by atoms with Crippen molar-refractivity contribution in [1.29, 1.82) is 0 Å². The number of aromatic hydroxyl groups is 1. The van der Waals surface area contributed by atoms with Crippen molar-refractivity contribution in [2.45, 2.75) is 6.42 Å². The van der Waals surface area contributed by atoms with Gasteiger partial charge >= 0.3 is 5.63 Å². The average Bonchev–Trinajstić information content (AvgIpc) is 2.49. The van der Waals surface area contributed by atoms with Crippen LogP contribution in [0.1, 0.15) is 11.1 Å². The smallest absolute Gasteiger partial charge is 0.347 e. The minimum absolute atomic E-state index is 0.286. The van der Waals surface area contributed by atoms with Gasteiger partial charge in [-0.25, -0.2) is 4.79 Å². The molecule has 0 saturated heterocycles. The lowest BCUT2D eigenvalue weighted by atomic mass is 10.1. The molecule has 0 bridgehead atoms. The van der Waals surface area contributed by atoms with Crippen LogP contribution < -0.4 is 10.4 Å². The molecule has 2 rings (SSSR count). The Labute approximate surface area is 130 Å². The van der Waals surface area contributed by atoms with Crippen LogP contribution in [0.5, 0.6) is 11.7 Å². The van der Waals surface area contributed by atoms with Crippen LogP contribution in [0.25, 0.3) is 0 Å². The summed E-state index contributed by atoms with van der Waals surface area (Å²) >= 11 is 3.08. The second-order valence-electron chi connectivity index (χ2n) is 4.28. The zero-order chi connectivity index (χ0) is 15.2. The summed E-state index contributed by atoms with van der Waals surface area (Å²) in [7, 11) is 1.63. The van der Waals surface area contributed by atoms with E-state index in [1.165, 1.54) is 12.3 Å². The summed E-state index contributed by atoms with van der Waals surface area (Å²) in [5, 5.41) is 9.22. The highest BCUT2D eigenvalue weighted by Gasteiger charge is 2.05. The number of nitrogens with zero attached hydrogens (tertiary/aromatic N) is 1. The molecule has 0 aliphatic carbocycles. The summed E-state index contributed by atoms with van der Waals surface area (Å²) in [5.41, 5.74) is 0.796. The predicted molar refractivity (Wildman–Crippen MR) is 83.5 cm³/mol. The predicted octanol–water partition coefficient (Wildman–Crippen LogP) is 2.78. The lowest BCUT2D eigenvalue weighted by molar-refractivity contribution is 0.305. The third-order valence-electron chi connectivity index (χ3n) is 2.83. The van der Waals surface area contributed by atoms with Gasteiger partial charge in [0.05, 0.1) is 17.1 Å².